The van der Waals surface area contributed by atoms with Gasteiger partial charge in [0.15, 0.2) is 0 Å². The van der Waals surface area contributed by atoms with Crippen molar-refractivity contribution in [3.8, 4) is 0 Å². The molecule has 0 unspecified atom stereocenters. The fraction of sp³-hybridized carbons (Fsp3) is 0.294. The van der Waals surface area contributed by atoms with E-state index in [2.05, 4.69) is 56.5 Å². The minimum absolute atomic E-state index is 0.752. The van der Waals surface area contributed by atoms with Crippen LogP contribution in [0.2, 0.25) is 5.02 Å². The number of anilines is 2. The minimum atomic E-state index is 0.752. The maximum atomic E-state index is 6.15. The molecule has 3 rings (SSSR count). The van der Waals surface area contributed by atoms with Crippen molar-refractivity contribution in [2.75, 3.05) is 23.3 Å². The molecule has 0 amide bonds. The molecule has 0 aliphatic carbocycles. The molecule has 2 nitrogen and oxygen atoms in total. The van der Waals surface area contributed by atoms with E-state index in [4.69, 9.17) is 11.6 Å². The van der Waals surface area contributed by atoms with Gasteiger partial charge in [-0.25, -0.2) is 0 Å². The summed E-state index contributed by atoms with van der Waals surface area (Å²) in [5.41, 5.74) is 3.68. The molecule has 1 N–H and O–H groups in total. The number of nitrogens with zero attached hydrogens (tertiary/aromatic N) is 1. The summed E-state index contributed by atoms with van der Waals surface area (Å²) in [7, 11) is 0. The highest BCUT2D eigenvalue weighted by molar-refractivity contribution is 9.10. The summed E-state index contributed by atoms with van der Waals surface area (Å²) in [6, 6.07) is 14.6. The Bertz CT molecular complexity index is 624. The molecule has 0 saturated carbocycles. The highest BCUT2D eigenvalue weighted by atomic mass is 79.9. The number of hydrogen-bond acceptors (Lipinski definition) is 2. The van der Waals surface area contributed by atoms with Crippen molar-refractivity contribution in [1.29, 1.82) is 0 Å². The van der Waals surface area contributed by atoms with Gasteiger partial charge in [-0.15, -0.1) is 0 Å². The van der Waals surface area contributed by atoms with Crippen molar-refractivity contribution in [2.45, 2.75) is 19.4 Å². The van der Waals surface area contributed by atoms with Gasteiger partial charge in [0, 0.05) is 24.1 Å². The predicted molar refractivity (Wildman–Crippen MR) is 94.4 cm³/mol. The highest BCUT2D eigenvalue weighted by Gasteiger charge is 2.15. The van der Waals surface area contributed by atoms with Crippen LogP contribution in [0.5, 0.6) is 0 Å². The lowest BCUT2D eigenvalue weighted by Crippen LogP contribution is -2.19. The zero-order valence-electron chi connectivity index (χ0n) is 11.8. The molecule has 4 heteroatoms. The van der Waals surface area contributed by atoms with E-state index in [1.807, 2.05) is 12.1 Å². The molecular weight excluding hydrogens is 348 g/mol. The van der Waals surface area contributed by atoms with E-state index >= 15 is 0 Å². The van der Waals surface area contributed by atoms with Gasteiger partial charge in [0.05, 0.1) is 16.4 Å². The first-order chi connectivity index (χ1) is 10.2. The summed E-state index contributed by atoms with van der Waals surface area (Å²) in [6.45, 7) is 3.09. The van der Waals surface area contributed by atoms with E-state index in [1.165, 1.54) is 29.8 Å². The largest absolute Gasteiger partial charge is 0.379 e. The number of para-hydroxylation sites is 2. The molecule has 1 heterocycles. The van der Waals surface area contributed by atoms with Crippen LogP contribution >= 0.6 is 27.5 Å². The van der Waals surface area contributed by atoms with Crippen LogP contribution in [-0.4, -0.2) is 13.1 Å². The highest BCUT2D eigenvalue weighted by Crippen LogP contribution is 2.29. The summed E-state index contributed by atoms with van der Waals surface area (Å²) in [4.78, 5) is 2.46. The molecule has 1 saturated heterocycles. The average Bonchev–Trinajstić information content (AvgIpc) is 3.03. The summed E-state index contributed by atoms with van der Waals surface area (Å²) in [5.74, 6) is 0. The Morgan fingerprint density at radius 1 is 1.10 bits per heavy atom. The molecule has 1 aliphatic rings. The van der Waals surface area contributed by atoms with E-state index in [0.717, 1.165) is 29.1 Å². The molecule has 0 radical (unpaired) electrons. The third-order valence-corrected chi connectivity index (χ3v) is 5.05. The maximum absolute atomic E-state index is 6.15. The first-order valence-corrected chi connectivity index (χ1v) is 8.43. The fourth-order valence-corrected chi connectivity index (χ4v) is 3.15. The summed E-state index contributed by atoms with van der Waals surface area (Å²) in [5, 5.41) is 4.29. The Hall–Kier alpha value is -1.19. The van der Waals surface area contributed by atoms with Crippen molar-refractivity contribution in [3.05, 3.63) is 57.5 Å². The van der Waals surface area contributed by atoms with E-state index in [0.29, 0.717) is 0 Å². The lowest BCUT2D eigenvalue weighted by molar-refractivity contribution is 0.949. The van der Waals surface area contributed by atoms with Gasteiger partial charge < -0.3 is 10.2 Å². The second-order valence-corrected chi connectivity index (χ2v) is 6.57. The first-order valence-electron chi connectivity index (χ1n) is 7.26. The summed E-state index contributed by atoms with van der Waals surface area (Å²) in [6.07, 6.45) is 2.58. The Morgan fingerprint density at radius 2 is 1.86 bits per heavy atom. The number of nitrogens with one attached hydrogen (secondary N) is 1. The molecule has 0 aromatic heterocycles. The van der Waals surface area contributed by atoms with Gasteiger partial charge in [-0.3, -0.25) is 0 Å². The number of rotatable bonds is 4. The fourth-order valence-electron chi connectivity index (χ4n) is 2.70. The van der Waals surface area contributed by atoms with E-state index < -0.39 is 0 Å². The van der Waals surface area contributed by atoms with Crippen LogP contribution in [0.3, 0.4) is 0 Å². The third kappa shape index (κ3) is 3.53. The summed E-state index contributed by atoms with van der Waals surface area (Å²) < 4.78 is 0.936. The van der Waals surface area contributed by atoms with Crippen molar-refractivity contribution < 1.29 is 0 Å². The zero-order chi connectivity index (χ0) is 14.7. The monoisotopic (exact) mass is 364 g/mol. The SMILES string of the molecule is Clc1cc(CNc2ccccc2N2CCCC2)ccc1Br. The molecule has 0 bridgehead atoms. The van der Waals surface area contributed by atoms with Crippen molar-refractivity contribution in [1.82, 2.24) is 0 Å². The molecule has 21 heavy (non-hydrogen) atoms. The molecule has 2 aromatic rings. The standard InChI is InChI=1S/C17H18BrClN2/c18-14-8-7-13(11-15(14)19)12-20-16-5-1-2-6-17(16)21-9-3-4-10-21/h1-2,5-8,11,20H,3-4,9-10,12H2. The third-order valence-electron chi connectivity index (χ3n) is 3.82. The van der Waals surface area contributed by atoms with Gasteiger partial charge in [0.1, 0.15) is 0 Å². The van der Waals surface area contributed by atoms with Crippen molar-refractivity contribution >= 4 is 38.9 Å². The van der Waals surface area contributed by atoms with Crippen LogP contribution in [-0.2, 0) is 6.54 Å². The molecular formula is C17H18BrClN2. The van der Waals surface area contributed by atoms with Gasteiger partial charge in [-0.1, -0.05) is 29.8 Å². The Morgan fingerprint density at radius 3 is 2.62 bits per heavy atom. The van der Waals surface area contributed by atoms with Gasteiger partial charge in [-0.05, 0) is 58.6 Å². The quantitative estimate of drug-likeness (QED) is 0.789. The van der Waals surface area contributed by atoms with Crippen LogP contribution in [0, 0.1) is 0 Å². The Kier molecular flexibility index (Phi) is 4.71. The van der Waals surface area contributed by atoms with Crippen LogP contribution in [0.25, 0.3) is 0 Å². The van der Waals surface area contributed by atoms with Crippen LogP contribution in [0.4, 0.5) is 11.4 Å². The lowest BCUT2D eigenvalue weighted by Gasteiger charge is -2.22. The predicted octanol–water partition coefficient (Wildman–Crippen LogP) is 5.31. The smallest absolute Gasteiger partial charge is 0.0602 e. The van der Waals surface area contributed by atoms with Gasteiger partial charge in [0.2, 0.25) is 0 Å². The molecule has 1 aliphatic heterocycles. The van der Waals surface area contributed by atoms with E-state index in [9.17, 15) is 0 Å². The van der Waals surface area contributed by atoms with Crippen molar-refractivity contribution in [3.63, 3.8) is 0 Å². The number of halogens is 2. The zero-order valence-corrected chi connectivity index (χ0v) is 14.1. The topological polar surface area (TPSA) is 15.3 Å². The first kappa shape index (κ1) is 14.7. The van der Waals surface area contributed by atoms with Crippen molar-refractivity contribution in [2.24, 2.45) is 0 Å². The molecule has 1 fully saturated rings. The number of benzene rings is 2. The average molecular weight is 366 g/mol. The molecule has 2 aromatic carbocycles. The normalized spacial score (nSPS) is 14.5. The summed E-state index contributed by atoms with van der Waals surface area (Å²) >= 11 is 9.57. The second kappa shape index (κ2) is 6.71. The van der Waals surface area contributed by atoms with Crippen LogP contribution in [0.1, 0.15) is 18.4 Å². The van der Waals surface area contributed by atoms with Gasteiger partial charge in [0.25, 0.3) is 0 Å². The maximum Gasteiger partial charge on any atom is 0.0602 e. The Labute approximate surface area is 139 Å². The number of hydrogen-bond donors (Lipinski definition) is 1. The lowest BCUT2D eigenvalue weighted by atomic mass is 10.2. The second-order valence-electron chi connectivity index (χ2n) is 5.31. The van der Waals surface area contributed by atoms with Crippen LogP contribution < -0.4 is 10.2 Å². The molecule has 0 atom stereocenters. The van der Waals surface area contributed by atoms with E-state index in [-0.39, 0.29) is 0 Å². The molecule has 0 spiro atoms. The van der Waals surface area contributed by atoms with Gasteiger partial charge in [-0.2, -0.15) is 0 Å². The van der Waals surface area contributed by atoms with Crippen LogP contribution in [0.15, 0.2) is 46.9 Å². The molecule has 110 valence electrons. The van der Waals surface area contributed by atoms with Gasteiger partial charge >= 0.3 is 0 Å². The Balaban J connectivity index is 1.74. The van der Waals surface area contributed by atoms with E-state index in [1.54, 1.807) is 0 Å². The minimum Gasteiger partial charge on any atom is -0.379 e.